The van der Waals surface area contributed by atoms with Gasteiger partial charge in [-0.2, -0.15) is 0 Å². The van der Waals surface area contributed by atoms with Gasteiger partial charge in [-0.05, 0) is 113 Å². The van der Waals surface area contributed by atoms with Gasteiger partial charge in [-0.15, -0.1) is 0 Å². The standard InChI is InChI=1S/C22H21BrClIN2O3S/c1-4-27-21(28)19(31-22(27)26-14-7-8-15(23)16(24)12-14)11-13-9-17(25)20(30-6-3)18(10-13)29-5-2/h7-12H,4-6H2,1-3H3/b19-11+,26-22?. The molecule has 1 amide bonds. The third-order valence-electron chi connectivity index (χ3n) is 4.25. The molecule has 164 valence electrons. The molecule has 0 N–H and O–H groups in total. The first-order chi connectivity index (χ1) is 14.9. The number of carbonyl (C=O) groups is 1. The van der Waals surface area contributed by atoms with Gasteiger partial charge in [0.1, 0.15) is 0 Å². The maximum absolute atomic E-state index is 13.0. The maximum atomic E-state index is 13.0. The van der Waals surface area contributed by atoms with Crippen molar-refractivity contribution in [2.75, 3.05) is 19.8 Å². The number of halogens is 3. The average Bonchev–Trinajstić information content (AvgIpc) is 3.01. The van der Waals surface area contributed by atoms with E-state index < -0.39 is 0 Å². The van der Waals surface area contributed by atoms with Crippen molar-refractivity contribution < 1.29 is 14.3 Å². The number of rotatable bonds is 7. The van der Waals surface area contributed by atoms with E-state index in [9.17, 15) is 4.79 Å². The molecule has 0 radical (unpaired) electrons. The first kappa shape index (κ1) is 24.4. The Morgan fingerprint density at radius 3 is 2.58 bits per heavy atom. The molecule has 9 heteroatoms. The van der Waals surface area contributed by atoms with E-state index in [4.69, 9.17) is 21.1 Å². The van der Waals surface area contributed by atoms with Gasteiger partial charge in [-0.1, -0.05) is 11.6 Å². The minimum absolute atomic E-state index is 0.0729. The molecule has 3 rings (SSSR count). The third kappa shape index (κ3) is 5.77. The maximum Gasteiger partial charge on any atom is 0.266 e. The number of benzene rings is 2. The summed E-state index contributed by atoms with van der Waals surface area (Å²) in [5.41, 5.74) is 1.56. The summed E-state index contributed by atoms with van der Waals surface area (Å²) in [6.45, 7) is 7.40. The molecule has 1 saturated heterocycles. The molecule has 1 heterocycles. The lowest BCUT2D eigenvalue weighted by molar-refractivity contribution is -0.122. The van der Waals surface area contributed by atoms with Crippen LogP contribution in [-0.2, 0) is 4.79 Å². The highest BCUT2D eigenvalue weighted by atomic mass is 127. The summed E-state index contributed by atoms with van der Waals surface area (Å²) in [4.78, 5) is 19.9. The number of ether oxygens (including phenoxy) is 2. The average molecular weight is 636 g/mol. The molecule has 0 unspecified atom stereocenters. The summed E-state index contributed by atoms with van der Waals surface area (Å²) in [6.07, 6.45) is 1.87. The molecule has 1 aliphatic rings. The number of amides is 1. The lowest BCUT2D eigenvalue weighted by atomic mass is 10.2. The van der Waals surface area contributed by atoms with Gasteiger partial charge in [0.25, 0.3) is 5.91 Å². The fraction of sp³-hybridized carbons (Fsp3) is 0.273. The normalized spacial score (nSPS) is 16.5. The monoisotopic (exact) mass is 634 g/mol. The van der Waals surface area contributed by atoms with Crippen molar-refractivity contribution in [3.05, 3.63) is 53.9 Å². The third-order valence-corrected chi connectivity index (χ3v) is 7.29. The van der Waals surface area contributed by atoms with Gasteiger partial charge in [-0.3, -0.25) is 9.69 Å². The second-order valence-electron chi connectivity index (χ2n) is 6.35. The topological polar surface area (TPSA) is 51.1 Å². The van der Waals surface area contributed by atoms with Crippen LogP contribution in [-0.4, -0.2) is 35.7 Å². The number of amidine groups is 1. The number of thioether (sulfide) groups is 1. The van der Waals surface area contributed by atoms with E-state index in [1.807, 2.05) is 51.1 Å². The lowest BCUT2D eigenvalue weighted by Crippen LogP contribution is -2.28. The number of nitrogens with zero attached hydrogens (tertiary/aromatic N) is 2. The van der Waals surface area contributed by atoms with Gasteiger partial charge in [0, 0.05) is 11.0 Å². The van der Waals surface area contributed by atoms with Crippen LogP contribution < -0.4 is 9.47 Å². The summed E-state index contributed by atoms with van der Waals surface area (Å²) in [5, 5.41) is 1.20. The van der Waals surface area contributed by atoms with Crippen LogP contribution >= 0.6 is 61.9 Å². The number of likely N-dealkylation sites (N-methyl/N-ethyl adjacent to an activating group) is 1. The van der Waals surface area contributed by atoms with Crippen molar-refractivity contribution >= 4 is 84.7 Å². The van der Waals surface area contributed by atoms with E-state index in [1.165, 1.54) is 11.8 Å². The molecule has 0 saturated carbocycles. The van der Waals surface area contributed by atoms with Crippen LogP contribution in [0.1, 0.15) is 26.3 Å². The molecule has 0 bridgehead atoms. The van der Waals surface area contributed by atoms with Gasteiger partial charge >= 0.3 is 0 Å². The van der Waals surface area contributed by atoms with E-state index in [-0.39, 0.29) is 5.91 Å². The molecular formula is C22H21BrClIN2O3S. The Balaban J connectivity index is 1.96. The van der Waals surface area contributed by atoms with E-state index in [1.54, 1.807) is 11.0 Å². The highest BCUT2D eigenvalue weighted by Gasteiger charge is 2.32. The Bertz CT molecular complexity index is 1060. The summed E-state index contributed by atoms with van der Waals surface area (Å²) in [6, 6.07) is 9.34. The second kappa shape index (κ2) is 11.1. The minimum atomic E-state index is -0.0729. The predicted molar refractivity (Wildman–Crippen MR) is 141 cm³/mol. The molecule has 0 aromatic heterocycles. The fourth-order valence-corrected chi connectivity index (χ4v) is 5.17. The highest BCUT2D eigenvalue weighted by molar-refractivity contribution is 14.1. The molecule has 31 heavy (non-hydrogen) atoms. The number of hydrogen-bond acceptors (Lipinski definition) is 5. The van der Waals surface area contributed by atoms with Crippen LogP contribution in [0.15, 0.2) is 44.7 Å². The summed E-state index contributed by atoms with van der Waals surface area (Å²) in [7, 11) is 0. The van der Waals surface area contributed by atoms with Crippen molar-refractivity contribution in [2.24, 2.45) is 4.99 Å². The molecule has 1 fully saturated rings. The zero-order valence-corrected chi connectivity index (χ0v) is 22.6. The van der Waals surface area contributed by atoms with Gasteiger partial charge in [-0.25, -0.2) is 4.99 Å². The predicted octanol–water partition coefficient (Wildman–Crippen LogP) is 7.13. The number of hydrogen-bond donors (Lipinski definition) is 0. The molecular weight excluding hydrogens is 615 g/mol. The SMILES string of the molecule is CCOc1cc(/C=C2/SC(=Nc3ccc(Br)c(Cl)c3)N(CC)C2=O)cc(I)c1OCC. The van der Waals surface area contributed by atoms with E-state index in [0.717, 1.165) is 19.4 Å². The summed E-state index contributed by atoms with van der Waals surface area (Å²) >= 11 is 13.1. The van der Waals surface area contributed by atoms with Crippen LogP contribution in [0.3, 0.4) is 0 Å². The van der Waals surface area contributed by atoms with E-state index in [0.29, 0.717) is 46.3 Å². The molecule has 2 aromatic carbocycles. The number of carbonyl (C=O) groups excluding carboxylic acids is 1. The van der Waals surface area contributed by atoms with Crippen LogP contribution in [0.5, 0.6) is 11.5 Å². The molecule has 1 aliphatic heterocycles. The van der Waals surface area contributed by atoms with Crippen molar-refractivity contribution in [1.82, 2.24) is 4.90 Å². The van der Waals surface area contributed by atoms with Gasteiger partial charge < -0.3 is 9.47 Å². The lowest BCUT2D eigenvalue weighted by Gasteiger charge is -2.14. The van der Waals surface area contributed by atoms with E-state index >= 15 is 0 Å². The summed E-state index contributed by atoms with van der Waals surface area (Å²) in [5.74, 6) is 1.32. The zero-order valence-electron chi connectivity index (χ0n) is 17.2. The van der Waals surface area contributed by atoms with Crippen LogP contribution in [0, 0.1) is 3.57 Å². The zero-order chi connectivity index (χ0) is 22.5. The second-order valence-corrected chi connectivity index (χ2v) is 9.78. The minimum Gasteiger partial charge on any atom is -0.490 e. The van der Waals surface area contributed by atoms with Gasteiger partial charge in [0.15, 0.2) is 16.7 Å². The van der Waals surface area contributed by atoms with Gasteiger partial charge in [0.2, 0.25) is 0 Å². The van der Waals surface area contributed by atoms with Crippen LogP contribution in [0.25, 0.3) is 6.08 Å². The smallest absolute Gasteiger partial charge is 0.266 e. The van der Waals surface area contributed by atoms with Crippen molar-refractivity contribution in [3.63, 3.8) is 0 Å². The first-order valence-corrected chi connectivity index (χ1v) is 12.8. The quantitative estimate of drug-likeness (QED) is 0.240. The highest BCUT2D eigenvalue weighted by Crippen LogP contribution is 2.38. The van der Waals surface area contributed by atoms with Crippen LogP contribution in [0.4, 0.5) is 5.69 Å². The molecule has 0 atom stereocenters. The Kier molecular flexibility index (Phi) is 8.72. The molecule has 0 spiro atoms. The largest absolute Gasteiger partial charge is 0.490 e. The van der Waals surface area contributed by atoms with Crippen molar-refractivity contribution in [3.8, 4) is 11.5 Å². The Morgan fingerprint density at radius 1 is 1.19 bits per heavy atom. The first-order valence-electron chi connectivity index (χ1n) is 9.72. The van der Waals surface area contributed by atoms with Crippen molar-refractivity contribution in [1.29, 1.82) is 0 Å². The number of aliphatic imine (C=N–C) groups is 1. The molecule has 5 nitrogen and oxygen atoms in total. The Morgan fingerprint density at radius 2 is 1.94 bits per heavy atom. The fourth-order valence-electron chi connectivity index (χ4n) is 2.91. The van der Waals surface area contributed by atoms with E-state index in [2.05, 4.69) is 43.5 Å². The van der Waals surface area contributed by atoms with Crippen LogP contribution in [0.2, 0.25) is 5.02 Å². The Labute approximate surface area is 213 Å². The summed E-state index contributed by atoms with van der Waals surface area (Å²) < 4.78 is 13.2. The molecule has 0 aliphatic carbocycles. The van der Waals surface area contributed by atoms with Gasteiger partial charge in [0.05, 0.1) is 32.4 Å². The molecule has 2 aromatic rings. The Hall–Kier alpha value is -1.23. The van der Waals surface area contributed by atoms with Crippen molar-refractivity contribution in [2.45, 2.75) is 20.8 Å².